The summed E-state index contributed by atoms with van der Waals surface area (Å²) in [6.07, 6.45) is 2.45. The zero-order valence-corrected chi connectivity index (χ0v) is 13.7. The highest BCUT2D eigenvalue weighted by Gasteiger charge is 2.28. The zero-order valence-electron chi connectivity index (χ0n) is 12.9. The van der Waals surface area contributed by atoms with E-state index in [0.717, 1.165) is 6.54 Å². The quantitative estimate of drug-likeness (QED) is 0.923. The van der Waals surface area contributed by atoms with Gasteiger partial charge >= 0.3 is 0 Å². The highest BCUT2D eigenvalue weighted by atomic mass is 32.1. The maximum absolute atomic E-state index is 4.79. The maximum atomic E-state index is 4.79. The van der Waals surface area contributed by atoms with Gasteiger partial charge in [-0.2, -0.15) is 0 Å². The summed E-state index contributed by atoms with van der Waals surface area (Å²) >= 11 is 1.81. The second-order valence-electron chi connectivity index (χ2n) is 6.96. The number of hydrogen-bond donors (Lipinski definition) is 1. The Balaban J connectivity index is 1.91. The minimum Gasteiger partial charge on any atom is -0.314 e. The molecular formula is C15H27N3S. The largest absolute Gasteiger partial charge is 0.314 e. The van der Waals surface area contributed by atoms with Gasteiger partial charge in [0.25, 0.3) is 0 Å². The summed E-state index contributed by atoms with van der Waals surface area (Å²) in [6.45, 7) is 12.4. The minimum absolute atomic E-state index is 0.168. The number of thiazole rings is 1. The van der Waals surface area contributed by atoms with Crippen LogP contribution in [0.2, 0.25) is 0 Å². The monoisotopic (exact) mass is 281 g/mol. The molecule has 0 atom stereocenters. The molecule has 0 spiro atoms. The van der Waals surface area contributed by atoms with Crippen molar-refractivity contribution < 1.29 is 0 Å². The van der Waals surface area contributed by atoms with Crippen molar-refractivity contribution in [2.45, 2.75) is 58.0 Å². The SMILES string of the molecule is CNC1(C)CCN(Cc2nc(C(C)(C)C)cs2)CC1. The van der Waals surface area contributed by atoms with Crippen molar-refractivity contribution in [3.63, 3.8) is 0 Å². The molecule has 1 saturated heterocycles. The molecule has 1 aliphatic rings. The zero-order chi connectivity index (χ0) is 14.1. The summed E-state index contributed by atoms with van der Waals surface area (Å²) in [5, 5.41) is 6.93. The van der Waals surface area contributed by atoms with Crippen molar-refractivity contribution in [2.24, 2.45) is 0 Å². The molecule has 19 heavy (non-hydrogen) atoms. The molecule has 0 aromatic carbocycles. The van der Waals surface area contributed by atoms with Crippen LogP contribution in [0.15, 0.2) is 5.38 Å². The summed E-state index contributed by atoms with van der Waals surface area (Å²) in [4.78, 5) is 7.33. The molecule has 4 heteroatoms. The van der Waals surface area contributed by atoms with Crippen molar-refractivity contribution in [3.8, 4) is 0 Å². The van der Waals surface area contributed by atoms with E-state index < -0.39 is 0 Å². The van der Waals surface area contributed by atoms with Gasteiger partial charge in [0.05, 0.1) is 12.2 Å². The number of hydrogen-bond acceptors (Lipinski definition) is 4. The number of piperidine rings is 1. The average molecular weight is 281 g/mol. The molecule has 0 unspecified atom stereocenters. The Kier molecular flexibility index (Phi) is 4.33. The number of nitrogens with zero attached hydrogens (tertiary/aromatic N) is 2. The van der Waals surface area contributed by atoms with Crippen molar-refractivity contribution >= 4 is 11.3 Å². The summed E-state index contributed by atoms with van der Waals surface area (Å²) in [7, 11) is 2.08. The van der Waals surface area contributed by atoms with Crippen LogP contribution in [0.1, 0.15) is 51.2 Å². The molecule has 2 rings (SSSR count). The van der Waals surface area contributed by atoms with Crippen LogP contribution in [0.5, 0.6) is 0 Å². The van der Waals surface area contributed by atoms with Crippen LogP contribution in [-0.4, -0.2) is 35.6 Å². The van der Waals surface area contributed by atoms with Crippen molar-refractivity contribution in [1.29, 1.82) is 0 Å². The van der Waals surface area contributed by atoms with E-state index in [1.165, 1.54) is 36.6 Å². The first-order valence-electron chi connectivity index (χ1n) is 7.19. The molecule has 108 valence electrons. The molecule has 0 bridgehead atoms. The van der Waals surface area contributed by atoms with Gasteiger partial charge in [-0.1, -0.05) is 20.8 Å². The average Bonchev–Trinajstić information content (AvgIpc) is 2.81. The van der Waals surface area contributed by atoms with Gasteiger partial charge in [0.1, 0.15) is 5.01 Å². The Morgan fingerprint density at radius 2 is 2.00 bits per heavy atom. The van der Waals surface area contributed by atoms with E-state index in [0.29, 0.717) is 5.54 Å². The highest BCUT2D eigenvalue weighted by Crippen LogP contribution is 2.26. The molecule has 3 nitrogen and oxygen atoms in total. The molecule has 2 heterocycles. The van der Waals surface area contributed by atoms with Crippen LogP contribution in [0.3, 0.4) is 0 Å². The second-order valence-corrected chi connectivity index (χ2v) is 7.91. The van der Waals surface area contributed by atoms with E-state index >= 15 is 0 Å². The Morgan fingerprint density at radius 1 is 1.37 bits per heavy atom. The van der Waals surface area contributed by atoms with E-state index in [1.54, 1.807) is 0 Å². The molecule has 0 aliphatic carbocycles. The standard InChI is InChI=1S/C15H27N3S/c1-14(2,3)12-11-19-13(17-12)10-18-8-6-15(4,16-5)7-9-18/h11,16H,6-10H2,1-5H3. The number of likely N-dealkylation sites (tertiary alicyclic amines) is 1. The van der Waals surface area contributed by atoms with Crippen molar-refractivity contribution in [1.82, 2.24) is 15.2 Å². The molecule has 1 fully saturated rings. The first-order valence-corrected chi connectivity index (χ1v) is 8.06. The van der Waals surface area contributed by atoms with Gasteiger partial charge < -0.3 is 5.32 Å². The predicted octanol–water partition coefficient (Wildman–Crippen LogP) is 3.01. The lowest BCUT2D eigenvalue weighted by Gasteiger charge is -2.39. The molecule has 0 saturated carbocycles. The van der Waals surface area contributed by atoms with Crippen LogP contribution < -0.4 is 5.32 Å². The molecule has 1 aromatic rings. The molecule has 0 radical (unpaired) electrons. The number of aromatic nitrogens is 1. The van der Waals surface area contributed by atoms with E-state index in [-0.39, 0.29) is 5.41 Å². The lowest BCUT2D eigenvalue weighted by molar-refractivity contribution is 0.146. The van der Waals surface area contributed by atoms with Gasteiger partial charge in [0, 0.05) is 29.4 Å². The molecular weight excluding hydrogens is 254 g/mol. The van der Waals surface area contributed by atoms with Crippen LogP contribution in [-0.2, 0) is 12.0 Å². The Morgan fingerprint density at radius 3 is 2.47 bits per heavy atom. The van der Waals surface area contributed by atoms with Gasteiger partial charge in [-0.3, -0.25) is 4.90 Å². The van der Waals surface area contributed by atoms with Crippen LogP contribution in [0, 0.1) is 0 Å². The lowest BCUT2D eigenvalue weighted by atomic mass is 9.90. The fourth-order valence-corrected chi connectivity index (χ4v) is 3.44. The van der Waals surface area contributed by atoms with E-state index in [2.05, 4.69) is 50.3 Å². The Hall–Kier alpha value is -0.450. The van der Waals surface area contributed by atoms with Gasteiger partial charge in [0.15, 0.2) is 0 Å². The molecule has 1 N–H and O–H groups in total. The molecule has 1 aromatic heterocycles. The fourth-order valence-electron chi connectivity index (χ4n) is 2.37. The van der Waals surface area contributed by atoms with Gasteiger partial charge in [-0.05, 0) is 26.8 Å². The highest BCUT2D eigenvalue weighted by molar-refractivity contribution is 7.09. The second kappa shape index (κ2) is 5.51. The van der Waals surface area contributed by atoms with Gasteiger partial charge in [-0.25, -0.2) is 4.98 Å². The van der Waals surface area contributed by atoms with E-state index in [4.69, 9.17) is 4.98 Å². The minimum atomic E-state index is 0.168. The third-order valence-electron chi connectivity index (χ3n) is 4.24. The summed E-state index contributed by atoms with van der Waals surface area (Å²) in [5.41, 5.74) is 1.72. The normalized spacial score (nSPS) is 20.7. The van der Waals surface area contributed by atoms with Crippen LogP contribution in [0.4, 0.5) is 0 Å². The Labute approximate surface area is 121 Å². The maximum Gasteiger partial charge on any atom is 0.107 e. The van der Waals surface area contributed by atoms with E-state index in [1.807, 2.05) is 11.3 Å². The summed E-state index contributed by atoms with van der Waals surface area (Å²) in [5.74, 6) is 0. The van der Waals surface area contributed by atoms with Crippen molar-refractivity contribution in [3.05, 3.63) is 16.1 Å². The topological polar surface area (TPSA) is 28.2 Å². The predicted molar refractivity (Wildman–Crippen MR) is 82.8 cm³/mol. The molecule has 0 amide bonds. The summed E-state index contributed by atoms with van der Waals surface area (Å²) in [6, 6.07) is 0. The third-order valence-corrected chi connectivity index (χ3v) is 5.08. The third kappa shape index (κ3) is 3.77. The van der Waals surface area contributed by atoms with Gasteiger partial charge in [-0.15, -0.1) is 11.3 Å². The first-order chi connectivity index (χ1) is 8.82. The van der Waals surface area contributed by atoms with E-state index in [9.17, 15) is 0 Å². The fraction of sp³-hybridized carbons (Fsp3) is 0.800. The Bertz CT molecular complexity index is 411. The van der Waals surface area contributed by atoms with Crippen molar-refractivity contribution in [2.75, 3.05) is 20.1 Å². The first kappa shape index (κ1) is 14.9. The summed E-state index contributed by atoms with van der Waals surface area (Å²) < 4.78 is 0. The number of rotatable bonds is 3. The van der Waals surface area contributed by atoms with Crippen LogP contribution >= 0.6 is 11.3 Å². The number of nitrogens with one attached hydrogen (secondary N) is 1. The lowest BCUT2D eigenvalue weighted by Crippen LogP contribution is -2.49. The molecule has 1 aliphatic heterocycles. The van der Waals surface area contributed by atoms with Crippen LogP contribution in [0.25, 0.3) is 0 Å². The smallest absolute Gasteiger partial charge is 0.107 e. The van der Waals surface area contributed by atoms with Gasteiger partial charge in [0.2, 0.25) is 0 Å².